The molecule has 1 saturated heterocycles. The van der Waals surface area contributed by atoms with E-state index < -0.39 is 34.4 Å². The molecule has 14 heteroatoms. The van der Waals surface area contributed by atoms with Gasteiger partial charge in [0.05, 0.1) is 29.8 Å². The van der Waals surface area contributed by atoms with Gasteiger partial charge in [0, 0.05) is 37.3 Å². The first-order chi connectivity index (χ1) is 23.8. The molecule has 1 aliphatic heterocycles. The number of carbonyl (C=O) groups is 2. The van der Waals surface area contributed by atoms with E-state index in [4.69, 9.17) is 0 Å². The number of carbonyl (C=O) groups excluding carboxylic acids is 2. The van der Waals surface area contributed by atoms with Crippen LogP contribution in [0.25, 0.3) is 0 Å². The Morgan fingerprint density at radius 2 is 1.62 bits per heavy atom. The van der Waals surface area contributed by atoms with E-state index in [2.05, 4.69) is 15.4 Å². The number of hydrogen-bond acceptors (Lipinski definition) is 7. The summed E-state index contributed by atoms with van der Waals surface area (Å²) in [5.41, 5.74) is 2.22. The molecule has 1 heterocycles. The Morgan fingerprint density at radius 1 is 0.940 bits per heavy atom. The molecular formula is C36H37F3N4O6S. The minimum Gasteiger partial charge on any atom is -0.406 e. The number of ether oxygens (including phenoxy) is 1. The fourth-order valence-corrected chi connectivity index (χ4v) is 6.77. The molecule has 4 aromatic rings. The molecule has 1 fully saturated rings. The largest absolute Gasteiger partial charge is 0.573 e. The van der Waals surface area contributed by atoms with Crippen molar-refractivity contribution in [3.8, 4) is 5.75 Å². The van der Waals surface area contributed by atoms with Crippen molar-refractivity contribution in [2.24, 2.45) is 0 Å². The highest BCUT2D eigenvalue weighted by Gasteiger charge is 2.31. The molecule has 0 spiro atoms. The molecule has 264 valence electrons. The number of aliphatic hydroxyl groups excluding tert-OH is 1. The van der Waals surface area contributed by atoms with Crippen LogP contribution in [0.1, 0.15) is 34.3 Å². The lowest BCUT2D eigenvalue weighted by Crippen LogP contribution is -2.48. The third kappa shape index (κ3) is 9.83. The average Bonchev–Trinajstić information content (AvgIpc) is 3.50. The lowest BCUT2D eigenvalue weighted by Gasteiger charge is -2.27. The van der Waals surface area contributed by atoms with Crippen LogP contribution in [-0.4, -0.2) is 63.2 Å². The normalized spacial score (nSPS) is 14.7. The number of sulfonamides is 1. The minimum absolute atomic E-state index is 0.0361. The van der Waals surface area contributed by atoms with E-state index in [-0.39, 0.29) is 42.4 Å². The van der Waals surface area contributed by atoms with E-state index >= 15 is 0 Å². The average molecular weight is 711 g/mol. The topological polar surface area (TPSA) is 128 Å². The molecule has 0 aromatic heterocycles. The lowest BCUT2D eigenvalue weighted by atomic mass is 10.00. The summed E-state index contributed by atoms with van der Waals surface area (Å²) in [6.07, 6.45) is -3.80. The lowest BCUT2D eigenvalue weighted by molar-refractivity contribution is -0.274. The van der Waals surface area contributed by atoms with Crippen molar-refractivity contribution in [1.29, 1.82) is 0 Å². The second-order valence-corrected chi connectivity index (χ2v) is 13.7. The van der Waals surface area contributed by atoms with Crippen molar-refractivity contribution in [3.63, 3.8) is 0 Å². The van der Waals surface area contributed by atoms with Crippen LogP contribution in [0.3, 0.4) is 0 Å². The van der Waals surface area contributed by atoms with Crippen molar-refractivity contribution in [2.45, 2.75) is 44.3 Å². The molecule has 4 aromatic carbocycles. The Balaban J connectivity index is 1.41. The quantitative estimate of drug-likeness (QED) is 0.162. The molecule has 5 rings (SSSR count). The first-order valence-corrected chi connectivity index (χ1v) is 17.7. The molecule has 1 aliphatic rings. The number of rotatable bonds is 14. The molecule has 50 heavy (non-hydrogen) atoms. The van der Waals surface area contributed by atoms with Crippen LogP contribution in [0, 0.1) is 0 Å². The Labute approximate surface area is 288 Å². The maximum absolute atomic E-state index is 14.0. The summed E-state index contributed by atoms with van der Waals surface area (Å²) in [6, 6.07) is 26.6. The zero-order valence-electron chi connectivity index (χ0n) is 27.1. The van der Waals surface area contributed by atoms with Gasteiger partial charge in [0.15, 0.2) is 0 Å². The first kappa shape index (κ1) is 36.4. The van der Waals surface area contributed by atoms with Gasteiger partial charge >= 0.3 is 6.36 Å². The van der Waals surface area contributed by atoms with Gasteiger partial charge in [-0.3, -0.25) is 9.59 Å². The second-order valence-electron chi connectivity index (χ2n) is 11.9. The highest BCUT2D eigenvalue weighted by atomic mass is 32.2. The molecule has 2 atom stereocenters. The second kappa shape index (κ2) is 15.7. The SMILES string of the molecule is CS(=O)(=O)N(c1ccccc1)c1cc(C(=O)N[C@@H](Cc2ccccc2)[C@H](O)CNCc2cccc(OC(F)(F)F)c2)cc(N2CCCC2=O)c1. The standard InChI is InChI=1S/C36H37F3N4O6S/c1-50(47,48)43(28-13-6-3-7-14-28)30-21-27(20-29(22-30)42-17-9-16-34(42)45)35(46)41-32(19-25-10-4-2-5-11-25)33(44)24-40-23-26-12-8-15-31(18-26)49-36(37,38)39/h2-8,10-15,18,20-22,32-33,40,44H,9,16-17,19,23-24H2,1H3,(H,41,46)/t32-,33+/m0/s1. The van der Waals surface area contributed by atoms with Crippen LogP contribution in [-0.2, 0) is 27.8 Å². The Morgan fingerprint density at radius 3 is 2.26 bits per heavy atom. The van der Waals surface area contributed by atoms with Crippen molar-refractivity contribution in [2.75, 3.05) is 28.6 Å². The van der Waals surface area contributed by atoms with Crippen LogP contribution in [0.2, 0.25) is 0 Å². The monoisotopic (exact) mass is 710 g/mol. The summed E-state index contributed by atoms with van der Waals surface area (Å²) in [7, 11) is -3.90. The van der Waals surface area contributed by atoms with Gasteiger partial charge in [0.25, 0.3) is 5.91 Å². The molecule has 0 saturated carbocycles. The number of nitrogens with zero attached hydrogens (tertiary/aromatic N) is 2. The number of anilines is 3. The van der Waals surface area contributed by atoms with Gasteiger partial charge in [-0.1, -0.05) is 60.7 Å². The summed E-state index contributed by atoms with van der Waals surface area (Å²) in [6.45, 7) is 0.472. The minimum atomic E-state index is -4.83. The van der Waals surface area contributed by atoms with E-state index in [1.807, 2.05) is 30.3 Å². The predicted octanol–water partition coefficient (Wildman–Crippen LogP) is 5.30. The van der Waals surface area contributed by atoms with E-state index in [1.165, 1.54) is 35.2 Å². The molecule has 10 nitrogen and oxygen atoms in total. The molecule has 0 bridgehead atoms. The van der Waals surface area contributed by atoms with Crippen molar-refractivity contribution in [3.05, 3.63) is 120 Å². The van der Waals surface area contributed by atoms with Gasteiger partial charge in [0.1, 0.15) is 5.75 Å². The summed E-state index contributed by atoms with van der Waals surface area (Å²) in [4.78, 5) is 28.3. The smallest absolute Gasteiger partial charge is 0.406 e. The fraction of sp³-hybridized carbons (Fsp3) is 0.278. The molecule has 0 unspecified atom stereocenters. The van der Waals surface area contributed by atoms with E-state index in [0.29, 0.717) is 36.3 Å². The first-order valence-electron chi connectivity index (χ1n) is 15.9. The number of halogens is 3. The number of hydrogen-bond donors (Lipinski definition) is 3. The zero-order chi connectivity index (χ0) is 35.9. The predicted molar refractivity (Wildman–Crippen MR) is 184 cm³/mol. The van der Waals surface area contributed by atoms with E-state index in [0.717, 1.165) is 16.1 Å². The summed E-state index contributed by atoms with van der Waals surface area (Å²) < 4.78 is 69.4. The van der Waals surface area contributed by atoms with Gasteiger partial charge in [-0.25, -0.2) is 12.7 Å². The van der Waals surface area contributed by atoms with Crippen LogP contribution in [0.5, 0.6) is 5.75 Å². The highest BCUT2D eigenvalue weighted by Crippen LogP contribution is 2.34. The molecule has 0 aliphatic carbocycles. The summed E-state index contributed by atoms with van der Waals surface area (Å²) in [5, 5.41) is 17.2. The zero-order valence-corrected chi connectivity index (χ0v) is 28.0. The molecule has 0 radical (unpaired) electrons. The Hall–Kier alpha value is -4.92. The number of amides is 2. The van der Waals surface area contributed by atoms with Crippen LogP contribution >= 0.6 is 0 Å². The third-order valence-corrected chi connectivity index (χ3v) is 9.09. The Bertz CT molecular complexity index is 1900. The number of benzene rings is 4. The van der Waals surface area contributed by atoms with Crippen molar-refractivity contribution >= 4 is 38.9 Å². The number of para-hydroxylation sites is 1. The van der Waals surface area contributed by atoms with Crippen molar-refractivity contribution < 1.29 is 41.0 Å². The number of nitrogens with one attached hydrogen (secondary N) is 2. The molecule has 3 N–H and O–H groups in total. The van der Waals surface area contributed by atoms with Crippen LogP contribution in [0.4, 0.5) is 30.2 Å². The van der Waals surface area contributed by atoms with E-state index in [1.54, 1.807) is 42.5 Å². The molecular weight excluding hydrogens is 673 g/mol. The Kier molecular flexibility index (Phi) is 11.5. The molecule has 2 amide bonds. The van der Waals surface area contributed by atoms with Gasteiger partial charge in [-0.15, -0.1) is 13.2 Å². The maximum Gasteiger partial charge on any atom is 0.573 e. The van der Waals surface area contributed by atoms with Gasteiger partial charge in [0.2, 0.25) is 15.9 Å². The number of alkyl halides is 3. The van der Waals surface area contributed by atoms with Crippen LogP contribution in [0.15, 0.2) is 103 Å². The van der Waals surface area contributed by atoms with Gasteiger partial charge in [-0.05, 0) is 66.4 Å². The van der Waals surface area contributed by atoms with Crippen LogP contribution < -0.4 is 24.6 Å². The van der Waals surface area contributed by atoms with Crippen molar-refractivity contribution in [1.82, 2.24) is 10.6 Å². The summed E-state index contributed by atoms with van der Waals surface area (Å²) >= 11 is 0. The number of aliphatic hydroxyl groups is 1. The third-order valence-electron chi connectivity index (χ3n) is 8.00. The highest BCUT2D eigenvalue weighted by molar-refractivity contribution is 7.92. The van der Waals surface area contributed by atoms with Gasteiger partial charge in [-0.2, -0.15) is 0 Å². The summed E-state index contributed by atoms with van der Waals surface area (Å²) in [5.74, 6) is -1.14. The van der Waals surface area contributed by atoms with E-state index in [9.17, 15) is 36.3 Å². The van der Waals surface area contributed by atoms with Gasteiger partial charge < -0.3 is 25.4 Å². The maximum atomic E-state index is 14.0. The fourth-order valence-electron chi connectivity index (χ4n) is 5.78.